The van der Waals surface area contributed by atoms with E-state index in [-0.39, 0.29) is 17.8 Å². The standard InChI is InChI=1S/C18H16N2O4/c1-11-7-13(24-2)8-15-16(11)14(10-21)17(18(22)23)20(15)9-12-5-3-4-6-19-12/h3-8,10H,9H2,1-2H3,(H,22,23). The van der Waals surface area contributed by atoms with Crippen molar-refractivity contribution in [1.82, 2.24) is 9.55 Å². The Bertz CT molecular complexity index is 929. The number of carboxylic acid groups (broad SMARTS) is 1. The fourth-order valence-corrected chi connectivity index (χ4v) is 2.96. The highest BCUT2D eigenvalue weighted by Gasteiger charge is 2.24. The molecular weight excluding hydrogens is 308 g/mol. The number of methoxy groups -OCH3 is 1. The van der Waals surface area contributed by atoms with Gasteiger partial charge in [-0.3, -0.25) is 9.78 Å². The number of rotatable bonds is 5. The van der Waals surface area contributed by atoms with Gasteiger partial charge in [0.1, 0.15) is 11.4 Å². The third-order valence-corrected chi connectivity index (χ3v) is 3.98. The number of pyridine rings is 1. The molecule has 0 aliphatic carbocycles. The van der Waals surface area contributed by atoms with Crippen LogP contribution in [0.1, 0.15) is 32.1 Å². The number of aromatic nitrogens is 2. The summed E-state index contributed by atoms with van der Waals surface area (Å²) >= 11 is 0. The number of hydrogen-bond donors (Lipinski definition) is 1. The number of hydrogen-bond acceptors (Lipinski definition) is 4. The summed E-state index contributed by atoms with van der Waals surface area (Å²) < 4.78 is 6.88. The summed E-state index contributed by atoms with van der Waals surface area (Å²) in [7, 11) is 1.55. The minimum Gasteiger partial charge on any atom is -0.497 e. The molecule has 0 aliphatic rings. The molecule has 0 saturated carbocycles. The third kappa shape index (κ3) is 2.52. The summed E-state index contributed by atoms with van der Waals surface area (Å²) in [5.41, 5.74) is 2.26. The van der Waals surface area contributed by atoms with Gasteiger partial charge in [-0.15, -0.1) is 0 Å². The lowest BCUT2D eigenvalue weighted by Crippen LogP contribution is -2.12. The molecular formula is C18H16N2O4. The summed E-state index contributed by atoms with van der Waals surface area (Å²) in [6.45, 7) is 2.08. The van der Waals surface area contributed by atoms with Crippen molar-refractivity contribution in [2.45, 2.75) is 13.5 Å². The molecule has 2 aromatic heterocycles. The van der Waals surface area contributed by atoms with Gasteiger partial charge in [-0.25, -0.2) is 4.79 Å². The Morgan fingerprint density at radius 3 is 2.75 bits per heavy atom. The number of carbonyl (C=O) groups is 2. The molecule has 0 unspecified atom stereocenters. The first-order valence-electron chi connectivity index (χ1n) is 7.36. The molecule has 122 valence electrons. The molecule has 0 fully saturated rings. The van der Waals surface area contributed by atoms with Gasteiger partial charge in [0.2, 0.25) is 0 Å². The maximum atomic E-state index is 11.8. The largest absolute Gasteiger partial charge is 0.497 e. The number of carboxylic acids is 1. The average molecular weight is 324 g/mol. The Labute approximate surface area is 138 Å². The van der Waals surface area contributed by atoms with Crippen LogP contribution < -0.4 is 4.74 Å². The van der Waals surface area contributed by atoms with Gasteiger partial charge in [-0.05, 0) is 30.7 Å². The van der Waals surface area contributed by atoms with Gasteiger partial charge in [0.25, 0.3) is 0 Å². The van der Waals surface area contributed by atoms with E-state index in [9.17, 15) is 14.7 Å². The highest BCUT2D eigenvalue weighted by Crippen LogP contribution is 2.32. The second-order valence-electron chi connectivity index (χ2n) is 5.43. The summed E-state index contributed by atoms with van der Waals surface area (Å²) in [4.78, 5) is 27.6. The fraction of sp³-hybridized carbons (Fsp3) is 0.167. The highest BCUT2D eigenvalue weighted by atomic mass is 16.5. The Balaban J connectivity index is 2.36. The zero-order valence-electron chi connectivity index (χ0n) is 13.3. The Morgan fingerprint density at radius 1 is 1.38 bits per heavy atom. The van der Waals surface area contributed by atoms with Crippen molar-refractivity contribution in [3.8, 4) is 5.75 Å². The van der Waals surface area contributed by atoms with Crippen molar-refractivity contribution >= 4 is 23.2 Å². The van der Waals surface area contributed by atoms with Crippen molar-refractivity contribution in [2.24, 2.45) is 0 Å². The molecule has 24 heavy (non-hydrogen) atoms. The second kappa shape index (κ2) is 6.16. The van der Waals surface area contributed by atoms with Crippen molar-refractivity contribution in [2.75, 3.05) is 7.11 Å². The number of carbonyl (C=O) groups excluding carboxylic acids is 1. The van der Waals surface area contributed by atoms with E-state index in [0.29, 0.717) is 28.6 Å². The molecule has 1 N–H and O–H groups in total. The normalized spacial score (nSPS) is 10.8. The number of aldehydes is 1. The Hall–Kier alpha value is -3.15. The number of aryl methyl sites for hydroxylation is 1. The van der Waals surface area contributed by atoms with Crippen LogP contribution in [-0.4, -0.2) is 34.0 Å². The molecule has 0 bridgehead atoms. The number of nitrogens with zero attached hydrogens (tertiary/aromatic N) is 2. The van der Waals surface area contributed by atoms with E-state index in [1.165, 1.54) is 0 Å². The predicted octanol–water partition coefficient (Wildman–Crippen LogP) is 2.91. The summed E-state index contributed by atoms with van der Waals surface area (Å²) in [6, 6.07) is 8.96. The highest BCUT2D eigenvalue weighted by molar-refractivity contribution is 6.09. The minimum atomic E-state index is -1.15. The molecule has 0 radical (unpaired) electrons. The lowest BCUT2D eigenvalue weighted by Gasteiger charge is -2.09. The molecule has 3 aromatic rings. The topological polar surface area (TPSA) is 81.4 Å². The van der Waals surface area contributed by atoms with Crippen molar-refractivity contribution in [1.29, 1.82) is 0 Å². The summed E-state index contributed by atoms with van der Waals surface area (Å²) in [5.74, 6) is -0.545. The van der Waals surface area contributed by atoms with Crippen LogP contribution in [0.4, 0.5) is 0 Å². The molecule has 6 nitrogen and oxygen atoms in total. The molecule has 0 aliphatic heterocycles. The van der Waals surface area contributed by atoms with E-state index in [2.05, 4.69) is 4.98 Å². The zero-order valence-corrected chi connectivity index (χ0v) is 13.3. The van der Waals surface area contributed by atoms with E-state index >= 15 is 0 Å². The van der Waals surface area contributed by atoms with Crippen molar-refractivity contribution < 1.29 is 19.4 Å². The maximum Gasteiger partial charge on any atom is 0.353 e. The monoisotopic (exact) mass is 324 g/mol. The van der Waals surface area contributed by atoms with Crippen LogP contribution >= 0.6 is 0 Å². The molecule has 1 aromatic carbocycles. The minimum absolute atomic E-state index is 0.0398. The second-order valence-corrected chi connectivity index (χ2v) is 5.43. The van der Waals surface area contributed by atoms with Crippen molar-refractivity contribution in [3.63, 3.8) is 0 Å². The van der Waals surface area contributed by atoms with Crippen LogP contribution in [0.3, 0.4) is 0 Å². The number of aromatic carboxylic acids is 1. The van der Waals surface area contributed by atoms with E-state index < -0.39 is 5.97 Å². The van der Waals surface area contributed by atoms with Gasteiger partial charge >= 0.3 is 5.97 Å². The van der Waals surface area contributed by atoms with Crippen LogP contribution in [-0.2, 0) is 6.54 Å². The first-order valence-corrected chi connectivity index (χ1v) is 7.36. The number of fused-ring (bicyclic) bond motifs is 1. The van der Waals surface area contributed by atoms with Crippen LogP contribution in [0.2, 0.25) is 0 Å². The van der Waals surface area contributed by atoms with E-state index in [0.717, 1.165) is 5.56 Å². The summed E-state index contributed by atoms with van der Waals surface area (Å²) in [5, 5.41) is 10.3. The SMILES string of the molecule is COc1cc(C)c2c(C=O)c(C(=O)O)n(Cc3ccccn3)c2c1. The van der Waals surface area contributed by atoms with Gasteiger partial charge in [0, 0.05) is 17.6 Å². The molecule has 0 saturated heterocycles. The van der Waals surface area contributed by atoms with Gasteiger partial charge in [-0.1, -0.05) is 6.07 Å². The zero-order chi connectivity index (χ0) is 17.3. The Morgan fingerprint density at radius 2 is 2.17 bits per heavy atom. The number of benzene rings is 1. The molecule has 3 rings (SSSR count). The molecule has 0 spiro atoms. The van der Waals surface area contributed by atoms with Crippen LogP contribution in [0.15, 0.2) is 36.5 Å². The quantitative estimate of drug-likeness (QED) is 0.730. The first kappa shape index (κ1) is 15.7. The lowest BCUT2D eigenvalue weighted by atomic mass is 10.1. The maximum absolute atomic E-state index is 11.8. The van der Waals surface area contributed by atoms with E-state index in [1.807, 2.05) is 19.1 Å². The smallest absolute Gasteiger partial charge is 0.353 e. The van der Waals surface area contributed by atoms with Gasteiger partial charge in [0.15, 0.2) is 6.29 Å². The predicted molar refractivity (Wildman–Crippen MR) is 88.9 cm³/mol. The molecule has 0 amide bonds. The van der Waals surface area contributed by atoms with Crippen LogP contribution in [0.25, 0.3) is 10.9 Å². The van der Waals surface area contributed by atoms with Gasteiger partial charge in [0.05, 0.1) is 30.4 Å². The van der Waals surface area contributed by atoms with E-state index in [4.69, 9.17) is 4.74 Å². The van der Waals surface area contributed by atoms with Gasteiger partial charge in [-0.2, -0.15) is 0 Å². The van der Waals surface area contributed by atoms with Crippen LogP contribution in [0, 0.1) is 6.92 Å². The van der Waals surface area contributed by atoms with Crippen LogP contribution in [0.5, 0.6) is 5.75 Å². The molecule has 6 heteroatoms. The van der Waals surface area contributed by atoms with Crippen molar-refractivity contribution in [3.05, 3.63) is 59.0 Å². The third-order valence-electron chi connectivity index (χ3n) is 3.98. The lowest BCUT2D eigenvalue weighted by molar-refractivity contribution is 0.0683. The molecule has 2 heterocycles. The Kier molecular flexibility index (Phi) is 4.04. The van der Waals surface area contributed by atoms with E-state index in [1.54, 1.807) is 36.1 Å². The summed E-state index contributed by atoms with van der Waals surface area (Å²) in [6.07, 6.45) is 2.24. The molecule has 0 atom stereocenters. The average Bonchev–Trinajstić information content (AvgIpc) is 2.90. The van der Waals surface area contributed by atoms with Gasteiger partial charge < -0.3 is 14.4 Å². The fourth-order valence-electron chi connectivity index (χ4n) is 2.96. The number of ether oxygens (including phenoxy) is 1. The first-order chi connectivity index (χ1) is 11.6.